The molecule has 2 rings (SSSR count). The molecule has 106 valence electrons. The van der Waals surface area contributed by atoms with Crippen LogP contribution in [0, 0.1) is 12.3 Å². The van der Waals surface area contributed by atoms with Crippen molar-refractivity contribution in [1.29, 1.82) is 0 Å². The molecule has 0 aliphatic rings. The van der Waals surface area contributed by atoms with Gasteiger partial charge in [0, 0.05) is 19.0 Å². The van der Waals surface area contributed by atoms with Crippen molar-refractivity contribution in [2.75, 3.05) is 6.54 Å². The normalized spacial score (nSPS) is 12.4. The van der Waals surface area contributed by atoms with Crippen LogP contribution in [-0.2, 0) is 6.54 Å². The van der Waals surface area contributed by atoms with Crippen LogP contribution in [0.15, 0.2) is 30.6 Å². The Hall–Kier alpha value is -1.79. The molecule has 1 unspecified atom stereocenters. The molecule has 3 heteroatoms. The summed E-state index contributed by atoms with van der Waals surface area (Å²) in [6.07, 6.45) is 11.5. The summed E-state index contributed by atoms with van der Waals surface area (Å²) < 4.78 is 2.23. The number of hydrogen-bond donors (Lipinski definition) is 1. The summed E-state index contributed by atoms with van der Waals surface area (Å²) in [6.45, 7) is 4.19. The first-order valence-corrected chi connectivity index (χ1v) is 7.42. The molecule has 0 aliphatic heterocycles. The van der Waals surface area contributed by atoms with Crippen molar-refractivity contribution in [3.63, 3.8) is 0 Å². The number of hydrogen-bond acceptors (Lipinski definition) is 2. The van der Waals surface area contributed by atoms with Gasteiger partial charge in [-0.2, -0.15) is 0 Å². The maximum Gasteiger partial charge on any atom is 0.0958 e. The molecule has 0 bridgehead atoms. The number of benzene rings is 1. The van der Waals surface area contributed by atoms with E-state index in [0.29, 0.717) is 6.04 Å². The molecule has 20 heavy (non-hydrogen) atoms. The summed E-state index contributed by atoms with van der Waals surface area (Å²) in [5, 5.41) is 3.61. The third-order valence-corrected chi connectivity index (χ3v) is 3.50. The van der Waals surface area contributed by atoms with Crippen molar-refractivity contribution in [3.05, 3.63) is 30.6 Å². The Labute approximate surface area is 121 Å². The van der Waals surface area contributed by atoms with Gasteiger partial charge in [-0.1, -0.05) is 19.1 Å². The summed E-state index contributed by atoms with van der Waals surface area (Å²) in [5.74, 6) is 2.72. The SMILES string of the molecule is C#CCCCC(Cn1cnc2ccccc21)NCCC. The van der Waals surface area contributed by atoms with E-state index in [9.17, 15) is 0 Å². The van der Waals surface area contributed by atoms with Gasteiger partial charge in [0.25, 0.3) is 0 Å². The van der Waals surface area contributed by atoms with E-state index in [1.807, 2.05) is 12.4 Å². The fourth-order valence-corrected chi connectivity index (χ4v) is 2.45. The van der Waals surface area contributed by atoms with E-state index in [2.05, 4.69) is 45.9 Å². The van der Waals surface area contributed by atoms with E-state index < -0.39 is 0 Å². The van der Waals surface area contributed by atoms with E-state index in [1.54, 1.807) is 0 Å². The molecule has 3 nitrogen and oxygen atoms in total. The zero-order valence-electron chi connectivity index (χ0n) is 12.2. The highest BCUT2D eigenvalue weighted by molar-refractivity contribution is 5.74. The minimum atomic E-state index is 0.459. The molecular weight excluding hydrogens is 246 g/mol. The Morgan fingerprint density at radius 2 is 2.25 bits per heavy atom. The average molecular weight is 269 g/mol. The summed E-state index contributed by atoms with van der Waals surface area (Å²) in [6, 6.07) is 8.73. The topological polar surface area (TPSA) is 29.9 Å². The average Bonchev–Trinajstić information content (AvgIpc) is 2.88. The predicted molar refractivity (Wildman–Crippen MR) is 84.5 cm³/mol. The van der Waals surface area contributed by atoms with Gasteiger partial charge in [0.1, 0.15) is 0 Å². The standard InChI is InChI=1S/C17H23N3/c1-3-5-6-9-15(18-12-4-2)13-20-14-19-16-10-7-8-11-17(16)20/h1,7-8,10-11,14-15,18H,4-6,9,12-13H2,2H3. The number of terminal acetylenes is 1. The molecule has 1 atom stereocenters. The van der Waals surface area contributed by atoms with E-state index in [4.69, 9.17) is 6.42 Å². The van der Waals surface area contributed by atoms with E-state index in [0.717, 1.165) is 44.3 Å². The van der Waals surface area contributed by atoms with Crippen LogP contribution in [0.25, 0.3) is 11.0 Å². The first-order chi connectivity index (χ1) is 9.85. The smallest absolute Gasteiger partial charge is 0.0958 e. The molecule has 0 fully saturated rings. The number of imidazole rings is 1. The number of nitrogens with one attached hydrogen (secondary N) is 1. The van der Waals surface area contributed by atoms with Gasteiger partial charge in [0.2, 0.25) is 0 Å². The Morgan fingerprint density at radius 3 is 3.05 bits per heavy atom. The van der Waals surface area contributed by atoms with Gasteiger partial charge in [0.15, 0.2) is 0 Å². The van der Waals surface area contributed by atoms with Crippen molar-refractivity contribution < 1.29 is 0 Å². The number of rotatable bonds is 8. The van der Waals surface area contributed by atoms with Gasteiger partial charge in [-0.3, -0.25) is 0 Å². The van der Waals surface area contributed by atoms with Gasteiger partial charge < -0.3 is 9.88 Å². The lowest BCUT2D eigenvalue weighted by Crippen LogP contribution is -2.33. The number of nitrogens with zero attached hydrogens (tertiary/aromatic N) is 2. The number of unbranched alkanes of at least 4 members (excludes halogenated alkanes) is 1. The summed E-state index contributed by atoms with van der Waals surface area (Å²) in [4.78, 5) is 4.45. The van der Waals surface area contributed by atoms with Gasteiger partial charge >= 0.3 is 0 Å². The molecule has 0 radical (unpaired) electrons. The van der Waals surface area contributed by atoms with Gasteiger partial charge in [-0.25, -0.2) is 4.98 Å². The number of fused-ring (bicyclic) bond motifs is 1. The van der Waals surface area contributed by atoms with Gasteiger partial charge in [-0.15, -0.1) is 12.3 Å². The Kier molecular flexibility index (Phi) is 5.64. The Balaban J connectivity index is 2.04. The van der Waals surface area contributed by atoms with Gasteiger partial charge in [0.05, 0.1) is 17.4 Å². The second-order valence-electron chi connectivity index (χ2n) is 5.13. The lowest BCUT2D eigenvalue weighted by atomic mass is 10.1. The molecule has 1 heterocycles. The van der Waals surface area contributed by atoms with Crippen LogP contribution in [0.2, 0.25) is 0 Å². The summed E-state index contributed by atoms with van der Waals surface area (Å²) in [7, 11) is 0. The first kappa shape index (κ1) is 14.6. The highest BCUT2D eigenvalue weighted by Crippen LogP contribution is 2.13. The van der Waals surface area contributed by atoms with Crippen molar-refractivity contribution in [3.8, 4) is 12.3 Å². The van der Waals surface area contributed by atoms with Crippen molar-refractivity contribution in [2.24, 2.45) is 0 Å². The fraction of sp³-hybridized carbons (Fsp3) is 0.471. The van der Waals surface area contributed by atoms with Crippen LogP contribution in [0.5, 0.6) is 0 Å². The summed E-state index contributed by atoms with van der Waals surface area (Å²) >= 11 is 0. The maximum atomic E-state index is 5.34. The largest absolute Gasteiger partial charge is 0.329 e. The molecule has 2 aromatic rings. The first-order valence-electron chi connectivity index (χ1n) is 7.42. The molecule has 0 spiro atoms. The molecule has 0 amide bonds. The van der Waals surface area contributed by atoms with Crippen molar-refractivity contribution >= 4 is 11.0 Å². The minimum Gasteiger partial charge on any atom is -0.329 e. The molecule has 1 N–H and O–H groups in total. The van der Waals surface area contributed by atoms with E-state index >= 15 is 0 Å². The second-order valence-corrected chi connectivity index (χ2v) is 5.13. The zero-order valence-corrected chi connectivity index (χ0v) is 12.2. The lowest BCUT2D eigenvalue weighted by molar-refractivity contribution is 0.420. The number of para-hydroxylation sites is 2. The summed E-state index contributed by atoms with van der Waals surface area (Å²) in [5.41, 5.74) is 2.26. The van der Waals surface area contributed by atoms with Crippen molar-refractivity contribution in [2.45, 2.75) is 45.2 Å². The van der Waals surface area contributed by atoms with Crippen LogP contribution in [0.3, 0.4) is 0 Å². The quantitative estimate of drug-likeness (QED) is 0.589. The van der Waals surface area contributed by atoms with Crippen LogP contribution in [0.4, 0.5) is 0 Å². The third kappa shape index (κ3) is 3.85. The molecule has 0 aliphatic carbocycles. The second kappa shape index (κ2) is 7.72. The van der Waals surface area contributed by atoms with Crippen LogP contribution >= 0.6 is 0 Å². The molecular formula is C17H23N3. The van der Waals surface area contributed by atoms with Crippen LogP contribution in [0.1, 0.15) is 32.6 Å². The van der Waals surface area contributed by atoms with E-state index in [1.165, 1.54) is 5.52 Å². The molecule has 1 aromatic heterocycles. The van der Waals surface area contributed by atoms with E-state index in [-0.39, 0.29) is 0 Å². The van der Waals surface area contributed by atoms with Crippen molar-refractivity contribution in [1.82, 2.24) is 14.9 Å². The van der Waals surface area contributed by atoms with Gasteiger partial charge in [-0.05, 0) is 37.9 Å². The Bertz CT molecular complexity index is 565. The molecule has 0 saturated heterocycles. The predicted octanol–water partition coefficient (Wildman–Crippen LogP) is 3.21. The lowest BCUT2D eigenvalue weighted by Gasteiger charge is -2.19. The fourth-order valence-electron chi connectivity index (χ4n) is 2.45. The minimum absolute atomic E-state index is 0.459. The van der Waals surface area contributed by atoms with Crippen LogP contribution in [-0.4, -0.2) is 22.1 Å². The zero-order chi connectivity index (χ0) is 14.2. The molecule has 0 saturated carbocycles. The highest BCUT2D eigenvalue weighted by atomic mass is 15.1. The number of aromatic nitrogens is 2. The Morgan fingerprint density at radius 1 is 1.40 bits per heavy atom. The maximum absolute atomic E-state index is 5.34. The monoisotopic (exact) mass is 269 g/mol. The molecule has 1 aromatic carbocycles. The van der Waals surface area contributed by atoms with Crippen LogP contribution < -0.4 is 5.32 Å². The third-order valence-electron chi connectivity index (χ3n) is 3.50. The highest BCUT2D eigenvalue weighted by Gasteiger charge is 2.10.